The van der Waals surface area contributed by atoms with Gasteiger partial charge in [-0.25, -0.2) is 0 Å². The molecule has 0 aromatic carbocycles. The molecular formula is C13H17BN3O4. The van der Waals surface area contributed by atoms with Crippen LogP contribution in [0.3, 0.4) is 0 Å². The van der Waals surface area contributed by atoms with E-state index >= 15 is 0 Å². The number of pyridine rings is 1. The summed E-state index contributed by atoms with van der Waals surface area (Å²) in [6.07, 6.45) is 4.51. The minimum atomic E-state index is -0.397. The van der Waals surface area contributed by atoms with Crippen molar-refractivity contribution in [1.82, 2.24) is 15.2 Å². The summed E-state index contributed by atoms with van der Waals surface area (Å²) >= 11 is 0. The maximum Gasteiger partial charge on any atom is 0.312 e. The summed E-state index contributed by atoms with van der Waals surface area (Å²) in [7, 11) is 2.48. The van der Waals surface area contributed by atoms with Crippen molar-refractivity contribution in [2.45, 2.75) is 18.8 Å². The molecule has 1 radical (unpaired) electrons. The molecule has 2 heterocycles. The Morgan fingerprint density at radius 2 is 2.43 bits per heavy atom. The highest BCUT2D eigenvalue weighted by molar-refractivity contribution is 6.28. The quantitative estimate of drug-likeness (QED) is 0.705. The first kappa shape index (κ1) is 15.3. The molecule has 1 aromatic heterocycles. The Balaban J connectivity index is 1.93. The Labute approximate surface area is 123 Å². The fourth-order valence-electron chi connectivity index (χ4n) is 2.34. The zero-order chi connectivity index (χ0) is 15.2. The molecule has 2 rings (SSSR count). The van der Waals surface area contributed by atoms with Gasteiger partial charge < -0.3 is 20.0 Å². The fourth-order valence-corrected chi connectivity index (χ4v) is 2.34. The van der Waals surface area contributed by atoms with Gasteiger partial charge >= 0.3 is 7.48 Å². The Morgan fingerprint density at radius 1 is 1.62 bits per heavy atom. The summed E-state index contributed by atoms with van der Waals surface area (Å²) in [5.41, 5.74) is 0.326. The van der Waals surface area contributed by atoms with Crippen molar-refractivity contribution in [2.75, 3.05) is 20.2 Å². The number of hydrogen-bond donors (Lipinski definition) is 2. The number of ether oxygens (including phenoxy) is 1. The standard InChI is InChI=1S/C13H17BN3O4/c1-21-10-7-15-5-4-9(10)13(19)16-8-12(18)17-6-2-3-11(17)14-20/h4-5,7,11,20H,2-3,6,8H2,1H3,(H,16,19)/t11-/m0/s1. The predicted molar refractivity (Wildman–Crippen MR) is 75.8 cm³/mol. The van der Waals surface area contributed by atoms with E-state index < -0.39 is 5.91 Å². The molecule has 1 aromatic rings. The van der Waals surface area contributed by atoms with Crippen molar-refractivity contribution in [1.29, 1.82) is 0 Å². The Hall–Kier alpha value is -2.09. The van der Waals surface area contributed by atoms with Crippen LogP contribution in [0.25, 0.3) is 0 Å². The first-order chi connectivity index (χ1) is 10.2. The van der Waals surface area contributed by atoms with Crippen LogP contribution in [0.5, 0.6) is 5.75 Å². The van der Waals surface area contributed by atoms with Crippen molar-refractivity contribution in [3.63, 3.8) is 0 Å². The van der Waals surface area contributed by atoms with Gasteiger partial charge in [-0.2, -0.15) is 0 Å². The van der Waals surface area contributed by atoms with E-state index in [-0.39, 0.29) is 18.4 Å². The van der Waals surface area contributed by atoms with E-state index in [4.69, 9.17) is 9.76 Å². The largest absolute Gasteiger partial charge is 0.494 e. The second-order valence-electron chi connectivity index (χ2n) is 4.70. The third kappa shape index (κ3) is 3.52. The van der Waals surface area contributed by atoms with Crippen molar-refractivity contribution >= 4 is 19.3 Å². The predicted octanol–water partition coefficient (Wildman–Crippen LogP) is -0.620. The van der Waals surface area contributed by atoms with E-state index in [1.807, 2.05) is 0 Å². The van der Waals surface area contributed by atoms with Gasteiger partial charge in [-0.05, 0) is 18.9 Å². The van der Waals surface area contributed by atoms with Gasteiger partial charge in [0.25, 0.3) is 5.91 Å². The molecule has 1 atom stereocenters. The topological polar surface area (TPSA) is 91.8 Å². The van der Waals surface area contributed by atoms with Gasteiger partial charge in [0.05, 0.1) is 25.4 Å². The Bertz CT molecular complexity index is 526. The number of carbonyl (C=O) groups excluding carboxylic acids is 2. The lowest BCUT2D eigenvalue weighted by atomic mass is 9.86. The van der Waals surface area contributed by atoms with Gasteiger partial charge in [-0.15, -0.1) is 0 Å². The molecule has 2 amide bonds. The lowest BCUT2D eigenvalue weighted by molar-refractivity contribution is -0.129. The average Bonchev–Trinajstić information content (AvgIpc) is 3.00. The number of nitrogens with zero attached hydrogens (tertiary/aromatic N) is 2. The van der Waals surface area contributed by atoms with Gasteiger partial charge in [0.15, 0.2) is 0 Å². The van der Waals surface area contributed by atoms with Crippen LogP contribution in [0.15, 0.2) is 18.5 Å². The highest BCUT2D eigenvalue weighted by Crippen LogP contribution is 2.16. The number of nitrogens with one attached hydrogen (secondary N) is 1. The van der Waals surface area contributed by atoms with Crippen LogP contribution >= 0.6 is 0 Å². The van der Waals surface area contributed by atoms with Crippen LogP contribution in [-0.4, -0.2) is 60.3 Å². The van der Waals surface area contributed by atoms with Gasteiger partial charge in [-0.1, -0.05) is 0 Å². The molecule has 7 nitrogen and oxygen atoms in total. The number of amides is 2. The molecule has 1 aliphatic rings. The smallest absolute Gasteiger partial charge is 0.312 e. The van der Waals surface area contributed by atoms with Crippen LogP contribution in [0.1, 0.15) is 23.2 Å². The molecule has 1 aliphatic heterocycles. The maximum absolute atomic E-state index is 12.0. The molecule has 0 unspecified atom stereocenters. The fraction of sp³-hybridized carbons (Fsp3) is 0.462. The Morgan fingerprint density at radius 3 is 3.14 bits per heavy atom. The lowest BCUT2D eigenvalue weighted by Gasteiger charge is -2.22. The van der Waals surface area contributed by atoms with Crippen LogP contribution < -0.4 is 10.1 Å². The van der Waals surface area contributed by atoms with Crippen molar-refractivity contribution in [2.24, 2.45) is 0 Å². The Kier molecular flexibility index (Phi) is 5.16. The van der Waals surface area contributed by atoms with Crippen LogP contribution in [-0.2, 0) is 4.79 Å². The third-order valence-electron chi connectivity index (χ3n) is 3.44. The van der Waals surface area contributed by atoms with E-state index in [0.29, 0.717) is 17.9 Å². The summed E-state index contributed by atoms with van der Waals surface area (Å²) < 4.78 is 5.05. The molecule has 0 spiro atoms. The molecule has 0 bridgehead atoms. The number of rotatable bonds is 5. The number of methoxy groups -OCH3 is 1. The number of hydrogen-bond acceptors (Lipinski definition) is 5. The second-order valence-corrected chi connectivity index (χ2v) is 4.70. The van der Waals surface area contributed by atoms with Crippen molar-refractivity contribution in [3.05, 3.63) is 24.0 Å². The highest BCUT2D eigenvalue weighted by Gasteiger charge is 2.29. The molecule has 0 saturated carbocycles. The molecule has 1 saturated heterocycles. The minimum Gasteiger partial charge on any atom is -0.494 e. The van der Waals surface area contributed by atoms with Gasteiger partial charge in [0.2, 0.25) is 5.91 Å². The summed E-state index contributed by atoms with van der Waals surface area (Å²) in [5, 5.41) is 11.6. The summed E-state index contributed by atoms with van der Waals surface area (Å²) in [4.78, 5) is 29.5. The number of likely N-dealkylation sites (tertiary alicyclic amines) is 1. The maximum atomic E-state index is 12.0. The third-order valence-corrected chi connectivity index (χ3v) is 3.44. The molecular weight excluding hydrogens is 273 g/mol. The van der Waals surface area contributed by atoms with E-state index in [1.54, 1.807) is 4.90 Å². The summed E-state index contributed by atoms with van der Waals surface area (Å²) in [5.74, 6) is -0.523. The van der Waals surface area contributed by atoms with Crippen molar-refractivity contribution < 1.29 is 19.3 Å². The summed E-state index contributed by atoms with van der Waals surface area (Å²) in [6, 6.07) is 1.53. The van der Waals surface area contributed by atoms with Crippen LogP contribution in [0, 0.1) is 0 Å². The number of carbonyl (C=O) groups is 2. The normalized spacial score (nSPS) is 17.4. The minimum absolute atomic E-state index is 0.116. The van der Waals surface area contributed by atoms with E-state index in [9.17, 15) is 9.59 Å². The average molecular weight is 290 g/mol. The molecule has 1 fully saturated rings. The zero-order valence-corrected chi connectivity index (χ0v) is 11.8. The first-order valence-corrected chi connectivity index (χ1v) is 6.70. The van der Waals surface area contributed by atoms with Crippen LogP contribution in [0.4, 0.5) is 0 Å². The van der Waals surface area contributed by atoms with E-state index in [1.165, 1.54) is 25.6 Å². The molecule has 0 aliphatic carbocycles. The van der Waals surface area contributed by atoms with Crippen LogP contribution in [0.2, 0.25) is 0 Å². The highest BCUT2D eigenvalue weighted by atomic mass is 16.5. The number of aromatic nitrogens is 1. The molecule has 111 valence electrons. The monoisotopic (exact) mass is 290 g/mol. The van der Waals surface area contributed by atoms with Gasteiger partial charge in [0, 0.05) is 18.7 Å². The van der Waals surface area contributed by atoms with E-state index in [0.717, 1.165) is 20.3 Å². The lowest BCUT2D eigenvalue weighted by Crippen LogP contribution is -2.44. The molecule has 2 N–H and O–H groups in total. The zero-order valence-electron chi connectivity index (χ0n) is 11.8. The van der Waals surface area contributed by atoms with Crippen molar-refractivity contribution in [3.8, 4) is 5.75 Å². The second kappa shape index (κ2) is 7.08. The van der Waals surface area contributed by atoms with E-state index in [2.05, 4.69) is 10.3 Å². The molecule has 8 heteroatoms. The van der Waals surface area contributed by atoms with Gasteiger partial charge in [0.1, 0.15) is 5.75 Å². The SMILES string of the molecule is COc1cnccc1C(=O)NCC(=O)N1CCC[C@H]1[B]O. The summed E-state index contributed by atoms with van der Waals surface area (Å²) in [6.45, 7) is 0.476. The first-order valence-electron chi connectivity index (χ1n) is 6.70. The molecule has 21 heavy (non-hydrogen) atoms. The van der Waals surface area contributed by atoms with Gasteiger partial charge in [-0.3, -0.25) is 14.6 Å².